The molecule has 1 saturated heterocycles. The highest BCUT2D eigenvalue weighted by atomic mass is 19.1. The van der Waals surface area contributed by atoms with Crippen LogP contribution in [0.2, 0.25) is 0 Å². The molecule has 1 N–H and O–H groups in total. The molecule has 3 rings (SSSR count). The summed E-state index contributed by atoms with van der Waals surface area (Å²) in [6.45, 7) is 1.55. The number of rotatable bonds is 3. The summed E-state index contributed by atoms with van der Waals surface area (Å²) >= 11 is 0. The van der Waals surface area contributed by atoms with Crippen molar-refractivity contribution in [2.75, 3.05) is 19.6 Å². The summed E-state index contributed by atoms with van der Waals surface area (Å²) in [4.78, 5) is 27.2. The number of hydrogen-bond acceptors (Lipinski definition) is 3. The predicted octanol–water partition coefficient (Wildman–Crippen LogP) is 1.65. The molecule has 0 radical (unpaired) electrons. The van der Waals surface area contributed by atoms with E-state index in [1.54, 1.807) is 0 Å². The first-order chi connectivity index (χ1) is 11.0. The topological polar surface area (TPSA) is 60.9 Å². The van der Waals surface area contributed by atoms with E-state index in [0.29, 0.717) is 13.1 Å². The molecule has 23 heavy (non-hydrogen) atoms. The van der Waals surface area contributed by atoms with Crippen LogP contribution in [0.15, 0.2) is 18.2 Å². The van der Waals surface area contributed by atoms with Gasteiger partial charge in [-0.2, -0.15) is 0 Å². The highest BCUT2D eigenvalue weighted by molar-refractivity contribution is 5.85. The Kier molecular flexibility index (Phi) is 4.61. The lowest BCUT2D eigenvalue weighted by molar-refractivity contribution is -0.146. The van der Waals surface area contributed by atoms with Gasteiger partial charge in [-0.1, -0.05) is 6.07 Å². The van der Waals surface area contributed by atoms with Gasteiger partial charge in [0.25, 0.3) is 0 Å². The van der Waals surface area contributed by atoms with Gasteiger partial charge < -0.3 is 10.0 Å². The molecule has 1 atom stereocenters. The maximum atomic E-state index is 13.5. The van der Waals surface area contributed by atoms with E-state index in [2.05, 4.69) is 4.90 Å². The molecule has 124 valence electrons. The highest BCUT2D eigenvalue weighted by Crippen LogP contribution is 2.25. The first-order valence-corrected chi connectivity index (χ1v) is 8.06. The predicted molar refractivity (Wildman–Crippen MR) is 82.4 cm³/mol. The highest BCUT2D eigenvalue weighted by Gasteiger charge is 2.34. The van der Waals surface area contributed by atoms with Gasteiger partial charge in [-0.15, -0.1) is 0 Å². The van der Waals surface area contributed by atoms with Crippen molar-refractivity contribution in [1.82, 2.24) is 9.80 Å². The third-order valence-electron chi connectivity index (χ3n) is 4.73. The number of amides is 1. The molecule has 0 spiro atoms. The van der Waals surface area contributed by atoms with Gasteiger partial charge in [0.15, 0.2) is 0 Å². The van der Waals surface area contributed by atoms with Crippen LogP contribution in [0.5, 0.6) is 0 Å². The van der Waals surface area contributed by atoms with Crippen LogP contribution in [0.3, 0.4) is 0 Å². The Morgan fingerprint density at radius 3 is 2.87 bits per heavy atom. The van der Waals surface area contributed by atoms with Crippen molar-refractivity contribution in [2.24, 2.45) is 0 Å². The third kappa shape index (κ3) is 3.52. The van der Waals surface area contributed by atoms with E-state index in [9.17, 15) is 14.0 Å². The zero-order valence-electron chi connectivity index (χ0n) is 13.0. The molecule has 1 aromatic rings. The maximum Gasteiger partial charge on any atom is 0.323 e. The minimum Gasteiger partial charge on any atom is -0.480 e. The Bertz CT molecular complexity index is 620. The fraction of sp³-hybridized carbons (Fsp3) is 0.529. The van der Waals surface area contributed by atoms with Gasteiger partial charge >= 0.3 is 5.97 Å². The normalized spacial score (nSPS) is 22.6. The van der Waals surface area contributed by atoms with E-state index in [0.717, 1.165) is 43.4 Å². The zero-order valence-corrected chi connectivity index (χ0v) is 13.0. The second-order valence-electron chi connectivity index (χ2n) is 6.30. The molecular weight excluding hydrogens is 299 g/mol. The number of likely N-dealkylation sites (tertiary alicyclic amines) is 1. The maximum absolute atomic E-state index is 13.5. The van der Waals surface area contributed by atoms with Gasteiger partial charge in [0.1, 0.15) is 12.4 Å². The number of benzene rings is 1. The molecular formula is C17H21FN2O3. The van der Waals surface area contributed by atoms with Crippen LogP contribution >= 0.6 is 0 Å². The number of aliphatic carboxylic acids is 1. The van der Waals surface area contributed by atoms with Gasteiger partial charge in [-0.25, -0.2) is 4.39 Å². The second kappa shape index (κ2) is 6.66. The SMILES string of the molecule is O=C(O)CN1CCCCC(N2CCc3ccc(F)cc3C2)C1=O. The zero-order chi connectivity index (χ0) is 16.4. The van der Waals surface area contributed by atoms with Gasteiger partial charge in [0.2, 0.25) is 5.91 Å². The van der Waals surface area contributed by atoms with E-state index in [-0.39, 0.29) is 24.3 Å². The van der Waals surface area contributed by atoms with E-state index in [1.165, 1.54) is 17.0 Å². The van der Waals surface area contributed by atoms with Crippen molar-refractivity contribution in [3.05, 3.63) is 35.1 Å². The van der Waals surface area contributed by atoms with Crippen molar-refractivity contribution >= 4 is 11.9 Å². The molecule has 1 aromatic carbocycles. The molecule has 2 aliphatic heterocycles. The lowest BCUT2D eigenvalue weighted by Crippen LogP contribution is -2.50. The van der Waals surface area contributed by atoms with Crippen LogP contribution in [0.25, 0.3) is 0 Å². The van der Waals surface area contributed by atoms with Crippen LogP contribution < -0.4 is 0 Å². The fourth-order valence-electron chi connectivity index (χ4n) is 3.56. The van der Waals surface area contributed by atoms with Gasteiger partial charge in [-0.05, 0) is 48.9 Å². The van der Waals surface area contributed by atoms with Crippen LogP contribution in [0.4, 0.5) is 4.39 Å². The second-order valence-corrected chi connectivity index (χ2v) is 6.30. The van der Waals surface area contributed by atoms with E-state index in [1.807, 2.05) is 6.07 Å². The van der Waals surface area contributed by atoms with E-state index >= 15 is 0 Å². The summed E-state index contributed by atoms with van der Waals surface area (Å²) in [6, 6.07) is 4.53. The summed E-state index contributed by atoms with van der Waals surface area (Å²) in [5.41, 5.74) is 2.06. The summed E-state index contributed by atoms with van der Waals surface area (Å²) < 4.78 is 13.5. The van der Waals surface area contributed by atoms with Crippen LogP contribution in [-0.4, -0.2) is 52.5 Å². The van der Waals surface area contributed by atoms with Gasteiger partial charge in [0.05, 0.1) is 6.04 Å². The van der Waals surface area contributed by atoms with Crippen LogP contribution in [0, 0.1) is 5.82 Å². The quantitative estimate of drug-likeness (QED) is 0.920. The number of carboxylic acid groups (broad SMARTS) is 1. The van der Waals surface area contributed by atoms with Gasteiger partial charge in [-0.3, -0.25) is 14.5 Å². The first-order valence-electron chi connectivity index (χ1n) is 8.06. The van der Waals surface area contributed by atoms with Crippen molar-refractivity contribution in [1.29, 1.82) is 0 Å². The minimum absolute atomic E-state index is 0.107. The number of nitrogens with zero attached hydrogens (tertiary/aromatic N) is 2. The molecule has 2 heterocycles. The Morgan fingerprint density at radius 1 is 1.26 bits per heavy atom. The smallest absolute Gasteiger partial charge is 0.323 e. The molecule has 0 aromatic heterocycles. The minimum atomic E-state index is -0.981. The molecule has 0 bridgehead atoms. The fourth-order valence-corrected chi connectivity index (χ4v) is 3.56. The Balaban J connectivity index is 1.77. The van der Waals surface area contributed by atoms with Gasteiger partial charge in [0, 0.05) is 19.6 Å². The van der Waals surface area contributed by atoms with Crippen molar-refractivity contribution in [2.45, 2.75) is 38.3 Å². The molecule has 0 saturated carbocycles. The third-order valence-corrected chi connectivity index (χ3v) is 4.73. The number of fused-ring (bicyclic) bond motifs is 1. The molecule has 1 unspecified atom stereocenters. The lowest BCUT2D eigenvalue weighted by Gasteiger charge is -2.35. The molecule has 6 heteroatoms. The Morgan fingerprint density at radius 2 is 2.09 bits per heavy atom. The number of carbonyl (C=O) groups excluding carboxylic acids is 1. The standard InChI is InChI=1S/C17H21FN2O3/c18-14-5-4-12-6-8-19(10-13(12)9-14)15-3-1-2-7-20(17(15)23)11-16(21)22/h4-5,9,15H,1-3,6-8,10-11H2,(H,21,22). The summed E-state index contributed by atoms with van der Waals surface area (Å²) in [6.07, 6.45) is 3.26. The molecule has 5 nitrogen and oxygen atoms in total. The average molecular weight is 320 g/mol. The Hall–Kier alpha value is -1.95. The summed E-state index contributed by atoms with van der Waals surface area (Å²) in [7, 11) is 0. The molecule has 2 aliphatic rings. The van der Waals surface area contributed by atoms with Crippen molar-refractivity contribution in [3.8, 4) is 0 Å². The average Bonchev–Trinajstić information content (AvgIpc) is 2.68. The largest absolute Gasteiger partial charge is 0.480 e. The molecule has 0 aliphatic carbocycles. The number of halogens is 1. The summed E-state index contributed by atoms with van der Waals surface area (Å²) in [5.74, 6) is -1.35. The van der Waals surface area contributed by atoms with Crippen LogP contribution in [0.1, 0.15) is 30.4 Å². The van der Waals surface area contributed by atoms with Crippen molar-refractivity contribution in [3.63, 3.8) is 0 Å². The Labute approximate surface area is 134 Å². The van der Waals surface area contributed by atoms with E-state index < -0.39 is 5.97 Å². The van der Waals surface area contributed by atoms with Crippen molar-refractivity contribution < 1.29 is 19.1 Å². The molecule has 1 amide bonds. The number of carboxylic acids is 1. The molecule has 1 fully saturated rings. The lowest BCUT2D eigenvalue weighted by atomic mass is 9.97. The first kappa shape index (κ1) is 15.9. The number of carbonyl (C=O) groups is 2. The van der Waals surface area contributed by atoms with Crippen LogP contribution in [-0.2, 0) is 22.6 Å². The van der Waals surface area contributed by atoms with E-state index in [4.69, 9.17) is 5.11 Å². The number of hydrogen-bond donors (Lipinski definition) is 1. The monoisotopic (exact) mass is 320 g/mol. The summed E-state index contributed by atoms with van der Waals surface area (Å²) in [5, 5.41) is 8.98.